The van der Waals surface area contributed by atoms with Crippen molar-refractivity contribution in [3.05, 3.63) is 72.5 Å². The molecule has 19 heavy (non-hydrogen) atoms. The van der Waals surface area contributed by atoms with Gasteiger partial charge in [0, 0.05) is 24.8 Å². The van der Waals surface area contributed by atoms with E-state index < -0.39 is 0 Å². The van der Waals surface area contributed by atoms with Crippen molar-refractivity contribution in [1.82, 2.24) is 19.9 Å². The third kappa shape index (κ3) is 4.44. The average Bonchev–Trinajstić information content (AvgIpc) is 2.51. The number of rotatable bonds is 1. The Kier molecular flexibility index (Phi) is 4.96. The summed E-state index contributed by atoms with van der Waals surface area (Å²) in [6.45, 7) is 0. The van der Waals surface area contributed by atoms with Crippen molar-refractivity contribution in [3.8, 4) is 11.4 Å². The van der Waals surface area contributed by atoms with Crippen molar-refractivity contribution in [2.75, 3.05) is 0 Å². The van der Waals surface area contributed by atoms with Gasteiger partial charge in [0.15, 0.2) is 0 Å². The Morgan fingerprint density at radius 2 is 1.32 bits per heavy atom. The van der Waals surface area contributed by atoms with Gasteiger partial charge >= 0.3 is 0 Å². The fourth-order valence-electron chi connectivity index (χ4n) is 1.31. The Hall–Kier alpha value is -2.33. The van der Waals surface area contributed by atoms with Crippen LogP contribution >= 0.6 is 11.6 Å². The number of pyridine rings is 2. The van der Waals surface area contributed by atoms with E-state index in [9.17, 15) is 0 Å². The largest absolute Gasteiger partial charge is 0.260 e. The molecule has 0 fully saturated rings. The van der Waals surface area contributed by atoms with Crippen LogP contribution in [0.2, 0.25) is 5.15 Å². The summed E-state index contributed by atoms with van der Waals surface area (Å²) in [5.41, 5.74) is 1.83. The summed E-state index contributed by atoms with van der Waals surface area (Å²) in [5, 5.41) is 0.433. The number of hydrogen-bond donors (Lipinski definition) is 0. The van der Waals surface area contributed by atoms with E-state index in [4.69, 9.17) is 11.6 Å². The molecule has 0 atom stereocenters. The van der Waals surface area contributed by atoms with Gasteiger partial charge in [-0.25, -0.2) is 4.98 Å². The van der Waals surface area contributed by atoms with Crippen molar-refractivity contribution >= 4 is 11.6 Å². The molecule has 3 aromatic rings. The van der Waals surface area contributed by atoms with E-state index in [0.29, 0.717) is 5.15 Å². The molecule has 3 aromatic heterocycles. The molecule has 3 heterocycles. The summed E-state index contributed by atoms with van der Waals surface area (Å²) >= 11 is 5.37. The number of nitrogens with zero attached hydrogens (tertiary/aromatic N) is 4. The molecule has 4 nitrogen and oxygen atoms in total. The maximum absolute atomic E-state index is 5.37. The molecule has 0 aliphatic rings. The predicted octanol–water partition coefficient (Wildman–Crippen LogP) is 3.27. The zero-order valence-corrected chi connectivity index (χ0v) is 10.8. The quantitative estimate of drug-likeness (QED) is 0.681. The highest BCUT2D eigenvalue weighted by Gasteiger charge is 1.95. The van der Waals surface area contributed by atoms with E-state index >= 15 is 0 Å². The predicted molar refractivity (Wildman–Crippen MR) is 74.5 cm³/mol. The third-order valence-corrected chi connectivity index (χ3v) is 2.32. The summed E-state index contributed by atoms with van der Waals surface area (Å²) in [5.74, 6) is 0. The number of halogens is 1. The molecule has 0 spiro atoms. The van der Waals surface area contributed by atoms with Gasteiger partial charge in [0.25, 0.3) is 0 Å². The highest BCUT2D eigenvalue weighted by molar-refractivity contribution is 6.29. The van der Waals surface area contributed by atoms with Gasteiger partial charge in [0.1, 0.15) is 5.15 Å². The second-order valence-corrected chi connectivity index (χ2v) is 3.85. The van der Waals surface area contributed by atoms with E-state index in [1.807, 2.05) is 36.4 Å². The maximum Gasteiger partial charge on any atom is 0.147 e. The lowest BCUT2D eigenvalue weighted by Gasteiger charge is -1.96. The molecular weight excluding hydrogens is 260 g/mol. The lowest BCUT2D eigenvalue weighted by Crippen LogP contribution is -1.83. The molecule has 0 aliphatic carbocycles. The molecule has 0 amide bonds. The fraction of sp³-hybridized carbons (Fsp3) is 0. The standard InChI is InChI=1S/C10H8N2.C4H3ClN2/c1-3-7-11-9(5-1)10-6-2-4-8-12-10;5-4-3-6-1-2-7-4/h1-8H;1-3H. The van der Waals surface area contributed by atoms with Gasteiger partial charge in [0.05, 0.1) is 17.6 Å². The molecule has 0 N–H and O–H groups in total. The first-order chi connectivity index (χ1) is 9.36. The van der Waals surface area contributed by atoms with Gasteiger partial charge in [-0.05, 0) is 24.3 Å². The number of hydrogen-bond acceptors (Lipinski definition) is 4. The molecule has 0 aliphatic heterocycles. The molecular formula is C14H11ClN4. The van der Waals surface area contributed by atoms with Crippen LogP contribution in [0.1, 0.15) is 0 Å². The average molecular weight is 271 g/mol. The van der Waals surface area contributed by atoms with Crippen LogP contribution in [-0.4, -0.2) is 19.9 Å². The Balaban J connectivity index is 0.000000163. The van der Waals surface area contributed by atoms with Crippen LogP contribution in [0.25, 0.3) is 11.4 Å². The van der Waals surface area contributed by atoms with Crippen molar-refractivity contribution < 1.29 is 0 Å². The summed E-state index contributed by atoms with van der Waals surface area (Å²) < 4.78 is 0. The Morgan fingerprint density at radius 1 is 0.684 bits per heavy atom. The zero-order valence-electron chi connectivity index (χ0n) is 10.0. The second-order valence-electron chi connectivity index (χ2n) is 3.46. The fourth-order valence-corrected chi connectivity index (χ4v) is 1.42. The summed E-state index contributed by atoms with van der Waals surface area (Å²) in [6, 6.07) is 11.6. The molecule has 0 radical (unpaired) electrons. The Labute approximate surface area is 116 Å². The SMILES string of the molecule is Clc1cnccn1.c1ccc(-c2ccccn2)nc1. The summed E-state index contributed by atoms with van der Waals surface area (Å²) in [4.78, 5) is 15.7. The first-order valence-corrected chi connectivity index (χ1v) is 5.98. The Bertz CT molecular complexity index is 550. The maximum atomic E-state index is 5.37. The van der Waals surface area contributed by atoms with E-state index in [2.05, 4.69) is 19.9 Å². The van der Waals surface area contributed by atoms with E-state index in [1.54, 1.807) is 24.8 Å². The van der Waals surface area contributed by atoms with Crippen molar-refractivity contribution in [2.24, 2.45) is 0 Å². The lowest BCUT2D eigenvalue weighted by atomic mass is 10.2. The van der Waals surface area contributed by atoms with Crippen molar-refractivity contribution in [3.63, 3.8) is 0 Å². The van der Waals surface area contributed by atoms with Gasteiger partial charge in [-0.3, -0.25) is 15.0 Å². The minimum absolute atomic E-state index is 0.433. The highest BCUT2D eigenvalue weighted by atomic mass is 35.5. The van der Waals surface area contributed by atoms with E-state index in [0.717, 1.165) is 11.4 Å². The molecule has 0 saturated heterocycles. The second kappa shape index (κ2) is 7.18. The summed E-state index contributed by atoms with van der Waals surface area (Å²) in [6.07, 6.45) is 8.14. The smallest absolute Gasteiger partial charge is 0.147 e. The van der Waals surface area contributed by atoms with E-state index in [1.165, 1.54) is 6.20 Å². The van der Waals surface area contributed by atoms with Crippen LogP contribution in [0.4, 0.5) is 0 Å². The lowest BCUT2D eigenvalue weighted by molar-refractivity contribution is 1.20. The third-order valence-electron chi connectivity index (χ3n) is 2.12. The van der Waals surface area contributed by atoms with Crippen LogP contribution in [0.15, 0.2) is 67.4 Å². The monoisotopic (exact) mass is 270 g/mol. The molecule has 0 saturated carbocycles. The van der Waals surface area contributed by atoms with Crippen LogP contribution in [0.3, 0.4) is 0 Å². The molecule has 94 valence electrons. The van der Waals surface area contributed by atoms with Crippen molar-refractivity contribution in [1.29, 1.82) is 0 Å². The molecule has 5 heteroatoms. The molecule has 3 rings (SSSR count). The summed E-state index contributed by atoms with van der Waals surface area (Å²) in [7, 11) is 0. The first-order valence-electron chi connectivity index (χ1n) is 5.60. The number of aromatic nitrogens is 4. The van der Waals surface area contributed by atoms with Crippen molar-refractivity contribution in [2.45, 2.75) is 0 Å². The van der Waals surface area contributed by atoms with Crippen LogP contribution in [-0.2, 0) is 0 Å². The van der Waals surface area contributed by atoms with Gasteiger partial charge < -0.3 is 0 Å². The normalized spacial score (nSPS) is 9.32. The molecule has 0 bridgehead atoms. The molecule has 0 unspecified atom stereocenters. The van der Waals surface area contributed by atoms with Gasteiger partial charge in [-0.15, -0.1) is 0 Å². The van der Waals surface area contributed by atoms with Gasteiger partial charge in [0.2, 0.25) is 0 Å². The first kappa shape index (κ1) is 13.1. The van der Waals surface area contributed by atoms with Crippen LogP contribution < -0.4 is 0 Å². The van der Waals surface area contributed by atoms with Crippen LogP contribution in [0, 0.1) is 0 Å². The Morgan fingerprint density at radius 3 is 1.63 bits per heavy atom. The topological polar surface area (TPSA) is 51.6 Å². The molecule has 0 aromatic carbocycles. The highest BCUT2D eigenvalue weighted by Crippen LogP contribution is 2.10. The zero-order chi connectivity index (χ0) is 13.3. The van der Waals surface area contributed by atoms with Gasteiger partial charge in [-0.2, -0.15) is 0 Å². The van der Waals surface area contributed by atoms with Crippen LogP contribution in [0.5, 0.6) is 0 Å². The van der Waals surface area contributed by atoms with Gasteiger partial charge in [-0.1, -0.05) is 23.7 Å². The minimum Gasteiger partial charge on any atom is -0.260 e. The van der Waals surface area contributed by atoms with E-state index in [-0.39, 0.29) is 0 Å². The minimum atomic E-state index is 0.433.